The van der Waals surface area contributed by atoms with Gasteiger partial charge in [0, 0.05) is 5.41 Å². The predicted molar refractivity (Wildman–Crippen MR) is 93.3 cm³/mol. The van der Waals surface area contributed by atoms with E-state index in [1.54, 1.807) is 19.9 Å². The van der Waals surface area contributed by atoms with Crippen molar-refractivity contribution in [1.29, 1.82) is 0 Å². The highest BCUT2D eigenvalue weighted by Gasteiger charge is 2.44. The van der Waals surface area contributed by atoms with E-state index in [-0.39, 0.29) is 13.2 Å². The Bertz CT molecular complexity index is 569. The van der Waals surface area contributed by atoms with Gasteiger partial charge in [-0.15, -0.1) is 5.73 Å². The third-order valence-corrected chi connectivity index (χ3v) is 3.93. The Morgan fingerprint density at radius 1 is 1.17 bits per heavy atom. The number of aryl methyl sites for hydroxylation is 1. The Balaban J connectivity index is 3.10. The fraction of sp³-hybridized carbons (Fsp3) is 0.450. The van der Waals surface area contributed by atoms with Crippen LogP contribution in [0.3, 0.4) is 0 Å². The Hall–Kier alpha value is -2.32. The van der Waals surface area contributed by atoms with Crippen LogP contribution in [0.2, 0.25) is 0 Å². The first kappa shape index (κ1) is 19.7. The molecule has 4 heteroatoms. The van der Waals surface area contributed by atoms with Gasteiger partial charge in [0.25, 0.3) is 0 Å². The van der Waals surface area contributed by atoms with Crippen LogP contribution < -0.4 is 0 Å². The standard InChI is InChI=1S/C20H26O4/c1-5-14-20(4,15-13-16-11-9-8-10-12-16)17(18(21)23-6-2)19(22)24-7-3/h8-12,14,17H,1,6-7,13,15H2,2-4H3. The fourth-order valence-electron chi connectivity index (χ4n) is 2.68. The molecule has 0 aliphatic carbocycles. The number of benzene rings is 1. The lowest BCUT2D eigenvalue weighted by atomic mass is 9.73. The van der Waals surface area contributed by atoms with Crippen LogP contribution in [0.1, 0.15) is 32.8 Å². The summed E-state index contributed by atoms with van der Waals surface area (Å²) >= 11 is 0. The molecule has 0 aliphatic heterocycles. The van der Waals surface area contributed by atoms with Gasteiger partial charge in [0.15, 0.2) is 5.92 Å². The number of hydrogen-bond donors (Lipinski definition) is 0. The van der Waals surface area contributed by atoms with Crippen LogP contribution in [0.25, 0.3) is 0 Å². The molecule has 1 atom stereocenters. The first-order chi connectivity index (χ1) is 11.5. The SMILES string of the molecule is C=C=CC(C)(CCc1ccccc1)C(C(=O)OCC)C(=O)OCC. The molecule has 0 spiro atoms. The highest BCUT2D eigenvalue weighted by molar-refractivity contribution is 5.96. The zero-order chi connectivity index (χ0) is 18.0. The zero-order valence-corrected chi connectivity index (χ0v) is 14.7. The van der Waals surface area contributed by atoms with Crippen LogP contribution in [-0.2, 0) is 25.5 Å². The second-order valence-electron chi connectivity index (χ2n) is 5.78. The predicted octanol–water partition coefficient (Wildman–Crippen LogP) is 3.71. The van der Waals surface area contributed by atoms with E-state index in [2.05, 4.69) is 12.3 Å². The lowest BCUT2D eigenvalue weighted by Crippen LogP contribution is -2.40. The third kappa shape index (κ3) is 5.39. The minimum absolute atomic E-state index is 0.210. The molecule has 0 bridgehead atoms. The molecule has 0 heterocycles. The quantitative estimate of drug-likeness (QED) is 0.393. The molecule has 130 valence electrons. The van der Waals surface area contributed by atoms with Crippen molar-refractivity contribution in [3.63, 3.8) is 0 Å². The minimum Gasteiger partial charge on any atom is -0.465 e. The molecule has 0 radical (unpaired) electrons. The second kappa shape index (κ2) is 9.74. The van der Waals surface area contributed by atoms with Crippen molar-refractivity contribution < 1.29 is 19.1 Å². The summed E-state index contributed by atoms with van der Waals surface area (Å²) in [6.45, 7) is 9.29. The van der Waals surface area contributed by atoms with Crippen molar-refractivity contribution >= 4 is 11.9 Å². The van der Waals surface area contributed by atoms with Crippen molar-refractivity contribution in [1.82, 2.24) is 0 Å². The van der Waals surface area contributed by atoms with E-state index in [0.29, 0.717) is 12.8 Å². The molecule has 1 aromatic carbocycles. The van der Waals surface area contributed by atoms with Gasteiger partial charge in [-0.2, -0.15) is 0 Å². The lowest BCUT2D eigenvalue weighted by Gasteiger charge is -2.31. The molecule has 4 nitrogen and oxygen atoms in total. The van der Waals surface area contributed by atoms with E-state index in [0.717, 1.165) is 5.56 Å². The van der Waals surface area contributed by atoms with Gasteiger partial charge in [-0.3, -0.25) is 9.59 Å². The maximum Gasteiger partial charge on any atom is 0.321 e. The smallest absolute Gasteiger partial charge is 0.321 e. The van der Waals surface area contributed by atoms with Crippen molar-refractivity contribution in [2.75, 3.05) is 13.2 Å². The summed E-state index contributed by atoms with van der Waals surface area (Å²) in [5, 5.41) is 0. The van der Waals surface area contributed by atoms with Crippen LogP contribution in [-0.4, -0.2) is 25.2 Å². The Morgan fingerprint density at radius 3 is 2.17 bits per heavy atom. The van der Waals surface area contributed by atoms with Gasteiger partial charge in [0.05, 0.1) is 13.2 Å². The summed E-state index contributed by atoms with van der Waals surface area (Å²) in [6.07, 6.45) is 2.96. The molecular weight excluding hydrogens is 304 g/mol. The monoisotopic (exact) mass is 330 g/mol. The first-order valence-corrected chi connectivity index (χ1v) is 8.22. The molecule has 0 aliphatic rings. The number of ether oxygens (including phenoxy) is 2. The molecule has 1 aromatic rings. The molecule has 0 aromatic heterocycles. The summed E-state index contributed by atoms with van der Waals surface area (Å²) in [4.78, 5) is 24.8. The molecule has 24 heavy (non-hydrogen) atoms. The summed E-state index contributed by atoms with van der Waals surface area (Å²) in [6, 6.07) is 9.91. The molecule has 0 fully saturated rings. The van der Waals surface area contributed by atoms with Crippen LogP contribution in [0.15, 0.2) is 48.7 Å². The largest absolute Gasteiger partial charge is 0.465 e. The Morgan fingerprint density at radius 2 is 1.71 bits per heavy atom. The maximum absolute atomic E-state index is 12.4. The van der Waals surface area contributed by atoms with Crippen molar-refractivity contribution in [3.8, 4) is 0 Å². The summed E-state index contributed by atoms with van der Waals surface area (Å²) in [5.74, 6) is -2.17. The van der Waals surface area contributed by atoms with Crippen LogP contribution in [0.5, 0.6) is 0 Å². The van der Waals surface area contributed by atoms with Gasteiger partial charge in [-0.25, -0.2) is 0 Å². The molecular formula is C20H26O4. The summed E-state index contributed by atoms with van der Waals surface area (Å²) in [5.41, 5.74) is 3.08. The van der Waals surface area contributed by atoms with E-state index >= 15 is 0 Å². The third-order valence-electron chi connectivity index (χ3n) is 3.93. The fourth-order valence-corrected chi connectivity index (χ4v) is 2.68. The maximum atomic E-state index is 12.4. The molecule has 1 unspecified atom stereocenters. The van der Waals surface area contributed by atoms with E-state index in [4.69, 9.17) is 9.47 Å². The van der Waals surface area contributed by atoms with Crippen molar-refractivity contribution in [2.24, 2.45) is 11.3 Å². The molecule has 0 amide bonds. The number of esters is 2. The zero-order valence-electron chi connectivity index (χ0n) is 14.7. The lowest BCUT2D eigenvalue weighted by molar-refractivity contribution is -0.166. The number of hydrogen-bond acceptors (Lipinski definition) is 4. The van der Waals surface area contributed by atoms with E-state index in [1.165, 1.54) is 0 Å². The Kier molecular flexibility index (Phi) is 8.00. The molecule has 0 N–H and O–H groups in total. The molecule has 1 rings (SSSR count). The van der Waals surface area contributed by atoms with E-state index < -0.39 is 23.3 Å². The van der Waals surface area contributed by atoms with Gasteiger partial charge in [0.2, 0.25) is 0 Å². The van der Waals surface area contributed by atoms with Gasteiger partial charge < -0.3 is 9.47 Å². The highest BCUT2D eigenvalue weighted by Crippen LogP contribution is 2.36. The number of rotatable bonds is 9. The number of carbonyl (C=O) groups is 2. The highest BCUT2D eigenvalue weighted by atomic mass is 16.6. The summed E-state index contributed by atoms with van der Waals surface area (Å²) < 4.78 is 10.2. The van der Waals surface area contributed by atoms with Crippen molar-refractivity contribution in [2.45, 2.75) is 33.6 Å². The summed E-state index contributed by atoms with van der Waals surface area (Å²) in [7, 11) is 0. The Labute approximate surface area is 144 Å². The molecule has 0 saturated carbocycles. The average molecular weight is 330 g/mol. The van der Waals surface area contributed by atoms with E-state index in [1.807, 2.05) is 37.3 Å². The van der Waals surface area contributed by atoms with E-state index in [9.17, 15) is 9.59 Å². The van der Waals surface area contributed by atoms with Gasteiger partial charge >= 0.3 is 11.9 Å². The van der Waals surface area contributed by atoms with Gasteiger partial charge in [0.1, 0.15) is 0 Å². The number of allylic oxidation sites excluding steroid dienone is 1. The van der Waals surface area contributed by atoms with Crippen LogP contribution in [0, 0.1) is 11.3 Å². The van der Waals surface area contributed by atoms with Crippen LogP contribution >= 0.6 is 0 Å². The van der Waals surface area contributed by atoms with Crippen LogP contribution in [0.4, 0.5) is 0 Å². The van der Waals surface area contributed by atoms with Gasteiger partial charge in [-0.1, -0.05) is 43.8 Å². The van der Waals surface area contributed by atoms with Crippen molar-refractivity contribution in [3.05, 3.63) is 54.3 Å². The topological polar surface area (TPSA) is 52.6 Å². The van der Waals surface area contributed by atoms with Gasteiger partial charge in [-0.05, 0) is 38.3 Å². The normalized spacial score (nSPS) is 12.8. The first-order valence-electron chi connectivity index (χ1n) is 8.22. The molecule has 0 saturated heterocycles. The average Bonchev–Trinajstić information content (AvgIpc) is 2.55. The second-order valence-corrected chi connectivity index (χ2v) is 5.78. The minimum atomic E-state index is -1.03. The number of carbonyl (C=O) groups excluding carboxylic acids is 2.